The molecule has 0 fully saturated rings. The molecule has 0 aromatic rings. The number of hydrogen-bond acceptors (Lipinski definition) is 4. The van der Waals surface area contributed by atoms with Gasteiger partial charge >= 0.3 is 6.16 Å². The lowest BCUT2D eigenvalue weighted by molar-refractivity contribution is -0.136. The average molecular weight is 201 g/mol. The van der Waals surface area contributed by atoms with E-state index in [0.29, 0.717) is 0 Å². The molecule has 0 saturated heterocycles. The summed E-state index contributed by atoms with van der Waals surface area (Å²) in [5.74, 6) is -0.186. The Morgan fingerprint density at radius 1 is 1.57 bits per heavy atom. The van der Waals surface area contributed by atoms with E-state index in [4.69, 9.17) is 4.74 Å². The number of amides is 1. The maximum atomic E-state index is 10.9. The highest BCUT2D eigenvalue weighted by Crippen LogP contribution is 2.00. The Morgan fingerprint density at radius 2 is 2.14 bits per heavy atom. The van der Waals surface area contributed by atoms with E-state index in [1.54, 1.807) is 6.92 Å². The Labute approximate surface area is 83.3 Å². The summed E-state index contributed by atoms with van der Waals surface area (Å²) in [4.78, 5) is 23.1. The number of hydrogen-bond donors (Lipinski definition) is 0. The smallest absolute Gasteiger partial charge is 0.430 e. The third-order valence-electron chi connectivity index (χ3n) is 1.63. The van der Waals surface area contributed by atoms with Gasteiger partial charge in [0.25, 0.3) is 0 Å². The lowest BCUT2D eigenvalue weighted by Crippen LogP contribution is -2.36. The molecule has 5 heteroatoms. The van der Waals surface area contributed by atoms with Crippen molar-refractivity contribution >= 4 is 12.1 Å². The summed E-state index contributed by atoms with van der Waals surface area (Å²) in [6, 6.07) is 0. The van der Waals surface area contributed by atoms with Crippen molar-refractivity contribution in [3.05, 3.63) is 12.7 Å². The van der Waals surface area contributed by atoms with Crippen molar-refractivity contribution in [2.24, 2.45) is 0 Å². The molecule has 0 rings (SSSR count). The molecule has 5 nitrogen and oxygen atoms in total. The third-order valence-corrected chi connectivity index (χ3v) is 1.63. The van der Waals surface area contributed by atoms with Crippen molar-refractivity contribution in [1.29, 1.82) is 0 Å². The van der Waals surface area contributed by atoms with Crippen molar-refractivity contribution in [2.75, 3.05) is 13.7 Å². The minimum Gasteiger partial charge on any atom is -0.430 e. The molecule has 0 saturated carbocycles. The van der Waals surface area contributed by atoms with Gasteiger partial charge in [-0.25, -0.2) is 4.79 Å². The Kier molecular flexibility index (Phi) is 5.36. The van der Waals surface area contributed by atoms with E-state index in [1.165, 1.54) is 24.9 Å². The zero-order chi connectivity index (χ0) is 11.1. The van der Waals surface area contributed by atoms with Gasteiger partial charge in [0, 0.05) is 14.0 Å². The number of carbonyl (C=O) groups excluding carboxylic acids is 2. The first-order valence-electron chi connectivity index (χ1n) is 4.16. The molecule has 0 radical (unpaired) electrons. The van der Waals surface area contributed by atoms with Gasteiger partial charge in [0.05, 0.1) is 0 Å². The predicted octanol–water partition coefficient (Wildman–Crippen LogP) is 1.15. The Bertz CT molecular complexity index is 227. The normalized spacial score (nSPS) is 11.4. The van der Waals surface area contributed by atoms with Crippen molar-refractivity contribution in [2.45, 2.75) is 20.1 Å². The molecule has 0 heterocycles. The molecule has 0 aromatic carbocycles. The zero-order valence-electron chi connectivity index (χ0n) is 8.65. The molecular weight excluding hydrogens is 186 g/mol. The van der Waals surface area contributed by atoms with Gasteiger partial charge in [-0.2, -0.15) is 0 Å². The number of ether oxygens (including phenoxy) is 2. The molecule has 0 aliphatic heterocycles. The van der Waals surface area contributed by atoms with Gasteiger partial charge in [0.15, 0.2) is 6.23 Å². The maximum Gasteiger partial charge on any atom is 0.510 e. The summed E-state index contributed by atoms with van der Waals surface area (Å²) in [7, 11) is 1.54. The second-order valence-electron chi connectivity index (χ2n) is 2.70. The quantitative estimate of drug-likeness (QED) is 0.389. The molecule has 80 valence electrons. The van der Waals surface area contributed by atoms with Gasteiger partial charge in [0.1, 0.15) is 6.61 Å². The average Bonchev–Trinajstić information content (AvgIpc) is 2.13. The zero-order valence-corrected chi connectivity index (χ0v) is 8.65. The molecule has 0 aliphatic carbocycles. The van der Waals surface area contributed by atoms with E-state index in [0.717, 1.165) is 0 Å². The molecule has 0 spiro atoms. The van der Waals surface area contributed by atoms with Gasteiger partial charge in [0.2, 0.25) is 5.91 Å². The summed E-state index contributed by atoms with van der Waals surface area (Å²) in [6.45, 7) is 6.43. The highest BCUT2D eigenvalue weighted by Gasteiger charge is 2.16. The largest absolute Gasteiger partial charge is 0.510 e. The van der Waals surface area contributed by atoms with Crippen molar-refractivity contribution in [3.8, 4) is 0 Å². The molecular formula is C9H15NO4. The SMILES string of the molecule is C=CCOC(=O)OC(C)N(C)C(C)=O. The summed E-state index contributed by atoms with van der Waals surface area (Å²) >= 11 is 0. The van der Waals surface area contributed by atoms with Gasteiger partial charge in [-0.15, -0.1) is 0 Å². The summed E-state index contributed by atoms with van der Waals surface area (Å²) in [6.07, 6.45) is -0.0176. The van der Waals surface area contributed by atoms with E-state index in [1.807, 2.05) is 0 Å². The van der Waals surface area contributed by atoms with Crippen LogP contribution < -0.4 is 0 Å². The van der Waals surface area contributed by atoms with Crippen molar-refractivity contribution in [3.63, 3.8) is 0 Å². The van der Waals surface area contributed by atoms with Crippen molar-refractivity contribution in [1.82, 2.24) is 4.90 Å². The van der Waals surface area contributed by atoms with Gasteiger partial charge in [-0.3, -0.25) is 4.79 Å². The van der Waals surface area contributed by atoms with Crippen LogP contribution in [-0.2, 0) is 14.3 Å². The Balaban J connectivity index is 3.92. The lowest BCUT2D eigenvalue weighted by Gasteiger charge is -2.22. The lowest BCUT2D eigenvalue weighted by atomic mass is 10.5. The fourth-order valence-electron chi connectivity index (χ4n) is 0.635. The number of rotatable bonds is 4. The van der Waals surface area contributed by atoms with Crippen LogP contribution in [0, 0.1) is 0 Å². The summed E-state index contributed by atoms with van der Waals surface area (Å²) in [5, 5.41) is 0. The first kappa shape index (κ1) is 12.5. The van der Waals surface area contributed by atoms with E-state index in [-0.39, 0.29) is 12.5 Å². The van der Waals surface area contributed by atoms with Crippen LogP contribution in [0.5, 0.6) is 0 Å². The van der Waals surface area contributed by atoms with Crippen LogP contribution in [0.2, 0.25) is 0 Å². The molecule has 0 aliphatic rings. The summed E-state index contributed by atoms with van der Waals surface area (Å²) < 4.78 is 9.35. The van der Waals surface area contributed by atoms with Gasteiger partial charge in [-0.05, 0) is 6.92 Å². The first-order valence-corrected chi connectivity index (χ1v) is 4.16. The minimum absolute atomic E-state index is 0.0926. The fourth-order valence-corrected chi connectivity index (χ4v) is 0.635. The van der Waals surface area contributed by atoms with E-state index < -0.39 is 12.4 Å². The molecule has 0 aromatic heterocycles. The Hall–Kier alpha value is -1.52. The third kappa shape index (κ3) is 4.49. The molecule has 1 unspecified atom stereocenters. The highest BCUT2D eigenvalue weighted by atomic mass is 16.7. The maximum absolute atomic E-state index is 10.9. The molecule has 0 N–H and O–H groups in total. The van der Waals surface area contributed by atoms with Crippen LogP contribution in [0.4, 0.5) is 4.79 Å². The van der Waals surface area contributed by atoms with Gasteiger partial charge in [-0.1, -0.05) is 12.7 Å². The van der Waals surface area contributed by atoms with E-state index in [2.05, 4.69) is 11.3 Å². The van der Waals surface area contributed by atoms with Crippen LogP contribution in [0.15, 0.2) is 12.7 Å². The monoisotopic (exact) mass is 201 g/mol. The number of carbonyl (C=O) groups is 2. The van der Waals surface area contributed by atoms with Crippen molar-refractivity contribution < 1.29 is 19.1 Å². The molecule has 1 atom stereocenters. The minimum atomic E-state index is -0.814. The summed E-state index contributed by atoms with van der Waals surface area (Å²) in [5.41, 5.74) is 0. The fraction of sp³-hybridized carbons (Fsp3) is 0.556. The molecule has 14 heavy (non-hydrogen) atoms. The highest BCUT2D eigenvalue weighted by molar-refractivity contribution is 5.73. The topological polar surface area (TPSA) is 55.8 Å². The van der Waals surface area contributed by atoms with Crippen LogP contribution >= 0.6 is 0 Å². The van der Waals surface area contributed by atoms with Crippen LogP contribution in [-0.4, -0.2) is 36.8 Å². The first-order chi connectivity index (χ1) is 6.49. The Morgan fingerprint density at radius 3 is 2.57 bits per heavy atom. The second kappa shape index (κ2) is 6.01. The van der Waals surface area contributed by atoms with Gasteiger partial charge < -0.3 is 14.4 Å². The number of nitrogens with zero attached hydrogens (tertiary/aromatic N) is 1. The standard InChI is InChI=1S/C9H15NO4/c1-5-6-13-9(12)14-8(3)10(4)7(2)11/h5,8H,1,6H2,2-4H3. The van der Waals surface area contributed by atoms with E-state index in [9.17, 15) is 9.59 Å². The molecule has 0 bridgehead atoms. The van der Waals surface area contributed by atoms with Crippen LogP contribution in [0.25, 0.3) is 0 Å². The van der Waals surface area contributed by atoms with E-state index >= 15 is 0 Å². The van der Waals surface area contributed by atoms with Crippen LogP contribution in [0.3, 0.4) is 0 Å². The van der Waals surface area contributed by atoms with Crippen LogP contribution in [0.1, 0.15) is 13.8 Å². The predicted molar refractivity (Wildman–Crippen MR) is 50.5 cm³/mol. The second-order valence-corrected chi connectivity index (χ2v) is 2.70. The molecule has 1 amide bonds.